The monoisotopic (exact) mass is 600 g/mol. The number of nitro benzene ring substituents is 1. The molecule has 3 unspecified atom stereocenters. The Morgan fingerprint density at radius 3 is 2.39 bits per heavy atom. The molecule has 2 fully saturated rings. The third-order valence-corrected chi connectivity index (χ3v) is 7.02. The Labute approximate surface area is 223 Å². The molecule has 2 saturated heterocycles. The van der Waals surface area contributed by atoms with Gasteiger partial charge >= 0.3 is 12.0 Å². The van der Waals surface area contributed by atoms with Gasteiger partial charge in [0.25, 0.3) is 5.91 Å². The summed E-state index contributed by atoms with van der Waals surface area (Å²) in [6.07, 6.45) is -4.27. The van der Waals surface area contributed by atoms with E-state index in [1.54, 1.807) is 25.1 Å². The summed E-state index contributed by atoms with van der Waals surface area (Å²) in [5.74, 6) is -2.09. The van der Waals surface area contributed by atoms with Crippen molar-refractivity contribution in [2.24, 2.45) is 11.8 Å². The fourth-order valence-electron chi connectivity index (χ4n) is 4.73. The number of alkyl halides is 3. The van der Waals surface area contributed by atoms with Crippen LogP contribution in [0.5, 0.6) is 5.75 Å². The SMILES string of the molecule is CC(C(=O)Nc1c(OC(F)(F)F)c(Br)cc(NC(=O)c2ccccc2)c1[N+](=O)[O-])N1CC2COCC(C2)C1. The number of carbonyl (C=O) groups excluding carboxylic acids is 2. The molecule has 0 aliphatic carbocycles. The number of ether oxygens (including phenoxy) is 2. The van der Waals surface area contributed by atoms with E-state index in [2.05, 4.69) is 31.3 Å². The third kappa shape index (κ3) is 6.42. The Morgan fingerprint density at radius 1 is 1.18 bits per heavy atom. The van der Waals surface area contributed by atoms with Crippen LogP contribution < -0.4 is 15.4 Å². The summed E-state index contributed by atoms with van der Waals surface area (Å²) in [4.78, 5) is 38.9. The van der Waals surface area contributed by atoms with Gasteiger partial charge in [0.1, 0.15) is 5.69 Å². The predicted molar refractivity (Wildman–Crippen MR) is 134 cm³/mol. The Morgan fingerprint density at radius 2 is 1.82 bits per heavy atom. The molecule has 2 amide bonds. The van der Waals surface area contributed by atoms with Gasteiger partial charge in [0, 0.05) is 18.7 Å². The van der Waals surface area contributed by atoms with Crippen molar-refractivity contribution in [2.45, 2.75) is 25.7 Å². The molecule has 204 valence electrons. The molecular weight excluding hydrogens is 577 g/mol. The van der Waals surface area contributed by atoms with E-state index in [4.69, 9.17) is 4.74 Å². The van der Waals surface area contributed by atoms with Crippen LogP contribution in [0.2, 0.25) is 0 Å². The van der Waals surface area contributed by atoms with E-state index < -0.39 is 52.0 Å². The first-order valence-electron chi connectivity index (χ1n) is 11.7. The van der Waals surface area contributed by atoms with Crippen LogP contribution in [0.3, 0.4) is 0 Å². The van der Waals surface area contributed by atoms with Crippen molar-refractivity contribution in [1.82, 2.24) is 4.90 Å². The average Bonchev–Trinajstić information content (AvgIpc) is 2.85. The zero-order valence-electron chi connectivity index (χ0n) is 20.1. The van der Waals surface area contributed by atoms with Crippen molar-refractivity contribution in [1.29, 1.82) is 0 Å². The van der Waals surface area contributed by atoms with Crippen LogP contribution in [-0.2, 0) is 9.53 Å². The molecule has 2 aromatic rings. The van der Waals surface area contributed by atoms with Gasteiger partial charge in [-0.1, -0.05) is 18.2 Å². The number of halogens is 4. The van der Waals surface area contributed by atoms with E-state index in [9.17, 15) is 32.9 Å². The van der Waals surface area contributed by atoms with Crippen molar-refractivity contribution < 1.29 is 37.2 Å². The van der Waals surface area contributed by atoms with E-state index in [1.165, 1.54) is 12.1 Å². The summed E-state index contributed by atoms with van der Waals surface area (Å²) < 4.78 is 49.1. The van der Waals surface area contributed by atoms with Crippen LogP contribution >= 0.6 is 15.9 Å². The van der Waals surface area contributed by atoms with Crippen LogP contribution in [-0.4, -0.2) is 60.3 Å². The average molecular weight is 601 g/mol. The summed E-state index contributed by atoms with van der Waals surface area (Å²) in [6, 6.07) is 7.84. The van der Waals surface area contributed by atoms with E-state index in [0.717, 1.165) is 12.5 Å². The number of rotatable bonds is 7. The molecule has 2 bridgehead atoms. The summed E-state index contributed by atoms with van der Waals surface area (Å²) in [7, 11) is 0. The quantitative estimate of drug-likeness (QED) is 0.345. The van der Waals surface area contributed by atoms with Gasteiger partial charge in [0.05, 0.1) is 28.7 Å². The third-order valence-electron chi connectivity index (χ3n) is 6.43. The smallest absolute Gasteiger partial charge is 0.402 e. The first kappa shape index (κ1) is 27.8. The van der Waals surface area contributed by atoms with Gasteiger partial charge in [-0.3, -0.25) is 24.6 Å². The second-order valence-electron chi connectivity index (χ2n) is 9.21. The van der Waals surface area contributed by atoms with Gasteiger partial charge in [0.2, 0.25) is 5.91 Å². The zero-order chi connectivity index (χ0) is 27.6. The minimum Gasteiger partial charge on any atom is -0.402 e. The molecule has 10 nitrogen and oxygen atoms in total. The number of likely N-dealkylation sites (tertiary alicyclic amines) is 1. The molecule has 2 aliphatic heterocycles. The number of fused-ring (bicyclic) bond motifs is 2. The molecule has 2 heterocycles. The molecule has 2 N–H and O–H groups in total. The van der Waals surface area contributed by atoms with E-state index in [-0.39, 0.29) is 21.9 Å². The summed E-state index contributed by atoms with van der Waals surface area (Å²) in [5.41, 5.74) is -2.06. The van der Waals surface area contributed by atoms with Crippen molar-refractivity contribution in [3.63, 3.8) is 0 Å². The standard InChI is InChI=1S/C24H24BrF3N4O6/c1-13(31-9-14-7-15(10-31)12-37-11-14)22(33)30-19-20(32(35)36)18(8-17(25)21(19)38-24(26,27)28)29-23(34)16-5-3-2-4-6-16/h2-6,8,13-15H,7,9-12H2,1H3,(H,29,34)(H,30,33). The maximum absolute atomic E-state index is 13.3. The lowest BCUT2D eigenvalue weighted by atomic mass is 9.87. The van der Waals surface area contributed by atoms with E-state index in [1.807, 2.05) is 4.90 Å². The maximum atomic E-state index is 13.3. The zero-order valence-corrected chi connectivity index (χ0v) is 21.7. The first-order chi connectivity index (χ1) is 17.9. The molecule has 0 saturated carbocycles. The highest BCUT2D eigenvalue weighted by molar-refractivity contribution is 9.10. The molecule has 0 aromatic heterocycles. The van der Waals surface area contributed by atoms with E-state index >= 15 is 0 Å². The highest BCUT2D eigenvalue weighted by Crippen LogP contribution is 2.47. The van der Waals surface area contributed by atoms with Gasteiger partial charge in [-0.2, -0.15) is 0 Å². The lowest BCUT2D eigenvalue weighted by molar-refractivity contribution is -0.383. The fraction of sp³-hybridized carbons (Fsp3) is 0.417. The molecule has 0 radical (unpaired) electrons. The molecule has 4 rings (SSSR count). The number of hydrogen-bond acceptors (Lipinski definition) is 7. The number of benzene rings is 2. The largest absolute Gasteiger partial charge is 0.573 e. The minimum absolute atomic E-state index is 0.160. The molecule has 38 heavy (non-hydrogen) atoms. The number of piperidine rings is 1. The van der Waals surface area contributed by atoms with Crippen molar-refractivity contribution in [3.8, 4) is 5.75 Å². The first-order valence-corrected chi connectivity index (χ1v) is 12.5. The van der Waals surface area contributed by atoms with E-state index in [0.29, 0.717) is 26.3 Å². The number of anilines is 2. The van der Waals surface area contributed by atoms with Gasteiger partial charge in [0.15, 0.2) is 11.4 Å². The fourth-order valence-corrected chi connectivity index (χ4v) is 5.24. The molecule has 2 aliphatic rings. The topological polar surface area (TPSA) is 123 Å². The van der Waals surface area contributed by atoms with Crippen molar-refractivity contribution >= 4 is 44.8 Å². The molecule has 0 spiro atoms. The Kier molecular flexibility index (Phi) is 8.23. The second-order valence-corrected chi connectivity index (χ2v) is 10.1. The number of nitrogens with one attached hydrogen (secondary N) is 2. The van der Waals surface area contributed by atoms with Crippen LogP contribution in [0.25, 0.3) is 0 Å². The predicted octanol–water partition coefficient (Wildman–Crippen LogP) is 4.80. The second kappa shape index (κ2) is 11.3. The van der Waals surface area contributed by atoms with Crippen LogP contribution in [0, 0.1) is 22.0 Å². The summed E-state index contributed by atoms with van der Waals surface area (Å²) >= 11 is 2.94. The maximum Gasteiger partial charge on any atom is 0.573 e. The normalized spacial score (nSPS) is 20.3. The molecular formula is C24H24BrF3N4O6. The van der Waals surface area contributed by atoms with Crippen LogP contribution in [0.1, 0.15) is 23.7 Å². The highest BCUT2D eigenvalue weighted by Gasteiger charge is 2.39. The van der Waals surface area contributed by atoms with Crippen molar-refractivity contribution in [3.05, 3.63) is 56.5 Å². The number of hydrogen-bond donors (Lipinski definition) is 2. The lowest BCUT2D eigenvalue weighted by Crippen LogP contribution is -2.53. The molecule has 2 aromatic carbocycles. The highest BCUT2D eigenvalue weighted by atomic mass is 79.9. The Hall–Kier alpha value is -3.23. The number of nitrogens with zero attached hydrogens (tertiary/aromatic N) is 2. The number of carbonyl (C=O) groups is 2. The number of amides is 2. The Balaban J connectivity index is 1.70. The number of nitro groups is 1. The Bertz CT molecular complexity index is 1220. The summed E-state index contributed by atoms with van der Waals surface area (Å²) in [5, 5.41) is 16.7. The van der Waals surface area contributed by atoms with Gasteiger partial charge in [-0.05, 0) is 59.3 Å². The van der Waals surface area contributed by atoms with Gasteiger partial charge < -0.3 is 20.1 Å². The molecule has 14 heteroatoms. The minimum atomic E-state index is -5.22. The van der Waals surface area contributed by atoms with Gasteiger partial charge in [-0.15, -0.1) is 13.2 Å². The van der Waals surface area contributed by atoms with Crippen LogP contribution in [0.4, 0.5) is 30.2 Å². The lowest BCUT2D eigenvalue weighted by Gasteiger charge is -2.43. The molecule has 3 atom stereocenters. The van der Waals surface area contributed by atoms with Gasteiger partial charge in [-0.25, -0.2) is 0 Å². The van der Waals surface area contributed by atoms with Crippen LogP contribution in [0.15, 0.2) is 40.9 Å². The summed E-state index contributed by atoms with van der Waals surface area (Å²) in [6.45, 7) is 3.74. The van der Waals surface area contributed by atoms with Crippen molar-refractivity contribution in [2.75, 3.05) is 36.9 Å².